The molecule has 2 amide bonds. The fraction of sp³-hybridized carbons (Fsp3) is 0.312. The molecule has 1 aromatic heterocycles. The standard InChI is InChI=1S/C16H17FN4O3/c1-10-7-20(9-19-10)15-4-3-12(5-14(15)17)21-8-13(24-16(21)23)6-18-11(2)22/h3-5,7,9,13H,6,8H2,1-2H3,(H,18,22). The molecular weight excluding hydrogens is 315 g/mol. The van der Waals surface area contributed by atoms with Gasteiger partial charge in [0.05, 0.1) is 36.5 Å². The summed E-state index contributed by atoms with van der Waals surface area (Å²) in [6.45, 7) is 3.69. The lowest BCUT2D eigenvalue weighted by Gasteiger charge is -2.14. The first kappa shape index (κ1) is 16.0. The number of carbonyl (C=O) groups excluding carboxylic acids is 2. The van der Waals surface area contributed by atoms with Crippen molar-refractivity contribution in [1.82, 2.24) is 14.9 Å². The lowest BCUT2D eigenvalue weighted by molar-refractivity contribution is -0.119. The first-order chi connectivity index (χ1) is 11.4. The molecule has 1 aliphatic heterocycles. The summed E-state index contributed by atoms with van der Waals surface area (Å²) >= 11 is 0. The lowest BCUT2D eigenvalue weighted by atomic mass is 10.2. The Balaban J connectivity index is 1.77. The van der Waals surface area contributed by atoms with Gasteiger partial charge < -0.3 is 14.6 Å². The molecule has 2 heterocycles. The van der Waals surface area contributed by atoms with E-state index in [9.17, 15) is 14.0 Å². The van der Waals surface area contributed by atoms with Crippen LogP contribution in [0, 0.1) is 12.7 Å². The number of aryl methyl sites for hydroxylation is 1. The number of hydrogen-bond donors (Lipinski definition) is 1. The number of rotatable bonds is 4. The molecule has 0 spiro atoms. The van der Waals surface area contributed by atoms with E-state index >= 15 is 0 Å². The number of nitrogens with one attached hydrogen (secondary N) is 1. The third kappa shape index (κ3) is 3.22. The Morgan fingerprint density at radius 2 is 2.29 bits per heavy atom. The predicted octanol–water partition coefficient (Wildman–Crippen LogP) is 1.78. The summed E-state index contributed by atoms with van der Waals surface area (Å²) in [7, 11) is 0. The largest absolute Gasteiger partial charge is 0.442 e. The zero-order chi connectivity index (χ0) is 17.3. The number of cyclic esters (lactones) is 1. The van der Waals surface area contributed by atoms with E-state index in [1.807, 2.05) is 6.92 Å². The van der Waals surface area contributed by atoms with Crippen molar-refractivity contribution in [2.75, 3.05) is 18.0 Å². The summed E-state index contributed by atoms with van der Waals surface area (Å²) in [5.74, 6) is -0.668. The van der Waals surface area contributed by atoms with Gasteiger partial charge in [0, 0.05) is 13.1 Å². The molecule has 1 saturated heterocycles. The molecule has 1 atom stereocenters. The second kappa shape index (κ2) is 6.31. The molecule has 7 nitrogen and oxygen atoms in total. The SMILES string of the molecule is CC(=O)NCC1CN(c2ccc(-n3cnc(C)c3)c(F)c2)C(=O)O1. The number of hydrogen-bond acceptors (Lipinski definition) is 4. The second-order valence-corrected chi connectivity index (χ2v) is 5.61. The molecule has 3 rings (SSSR count). The van der Waals surface area contributed by atoms with Crippen LogP contribution in [0.5, 0.6) is 0 Å². The topological polar surface area (TPSA) is 76.5 Å². The summed E-state index contributed by atoms with van der Waals surface area (Å²) < 4.78 is 21.1. The molecule has 1 aliphatic rings. The van der Waals surface area contributed by atoms with Crippen LogP contribution in [0.2, 0.25) is 0 Å². The van der Waals surface area contributed by atoms with Gasteiger partial charge in [0.1, 0.15) is 11.9 Å². The normalized spacial score (nSPS) is 17.0. The highest BCUT2D eigenvalue weighted by Crippen LogP contribution is 2.25. The third-order valence-electron chi connectivity index (χ3n) is 3.69. The molecule has 126 valence electrons. The molecule has 8 heteroatoms. The van der Waals surface area contributed by atoms with Crippen molar-refractivity contribution in [2.45, 2.75) is 20.0 Å². The fourth-order valence-corrected chi connectivity index (χ4v) is 2.52. The number of ether oxygens (including phenoxy) is 1. The highest BCUT2D eigenvalue weighted by Gasteiger charge is 2.32. The van der Waals surface area contributed by atoms with Crippen molar-refractivity contribution in [2.24, 2.45) is 0 Å². The van der Waals surface area contributed by atoms with Crippen molar-refractivity contribution in [3.05, 3.63) is 42.2 Å². The molecule has 0 bridgehead atoms. The van der Waals surface area contributed by atoms with Crippen LogP contribution in [0.3, 0.4) is 0 Å². The summed E-state index contributed by atoms with van der Waals surface area (Å²) in [5, 5.41) is 2.60. The van der Waals surface area contributed by atoms with Gasteiger partial charge in [0.15, 0.2) is 0 Å². The highest BCUT2D eigenvalue weighted by atomic mass is 19.1. The van der Waals surface area contributed by atoms with Gasteiger partial charge in [-0.2, -0.15) is 0 Å². The number of imidazole rings is 1. The summed E-state index contributed by atoms with van der Waals surface area (Å²) in [5.41, 5.74) is 1.53. The van der Waals surface area contributed by atoms with Crippen molar-refractivity contribution in [3.63, 3.8) is 0 Å². The Labute approximate surface area is 138 Å². The van der Waals surface area contributed by atoms with Gasteiger partial charge in [-0.1, -0.05) is 0 Å². The minimum atomic E-state index is -0.559. The van der Waals surface area contributed by atoms with Crippen LogP contribution in [0.25, 0.3) is 5.69 Å². The zero-order valence-electron chi connectivity index (χ0n) is 13.3. The maximum Gasteiger partial charge on any atom is 0.414 e. The minimum absolute atomic E-state index is 0.199. The number of halogens is 1. The third-order valence-corrected chi connectivity index (χ3v) is 3.69. The highest BCUT2D eigenvalue weighted by molar-refractivity contribution is 5.90. The van der Waals surface area contributed by atoms with E-state index in [1.165, 1.54) is 24.2 Å². The van der Waals surface area contributed by atoms with E-state index in [0.717, 1.165) is 5.69 Å². The molecule has 1 unspecified atom stereocenters. The van der Waals surface area contributed by atoms with Crippen LogP contribution in [0.15, 0.2) is 30.7 Å². The van der Waals surface area contributed by atoms with Crippen LogP contribution < -0.4 is 10.2 Å². The lowest BCUT2D eigenvalue weighted by Crippen LogP contribution is -2.33. The number of nitrogens with zero attached hydrogens (tertiary/aromatic N) is 3. The molecule has 0 radical (unpaired) electrons. The molecule has 0 saturated carbocycles. The molecule has 1 aromatic carbocycles. The quantitative estimate of drug-likeness (QED) is 0.926. The predicted molar refractivity (Wildman–Crippen MR) is 84.6 cm³/mol. The second-order valence-electron chi connectivity index (χ2n) is 5.61. The Bertz CT molecular complexity index is 789. The van der Waals surface area contributed by atoms with Crippen molar-refractivity contribution in [1.29, 1.82) is 0 Å². The van der Waals surface area contributed by atoms with Crippen LogP contribution >= 0.6 is 0 Å². The van der Waals surface area contributed by atoms with Crippen LogP contribution in [0.4, 0.5) is 14.9 Å². The Morgan fingerprint density at radius 3 is 2.92 bits per heavy atom. The van der Waals surface area contributed by atoms with E-state index in [4.69, 9.17) is 4.74 Å². The molecule has 1 fully saturated rings. The maximum absolute atomic E-state index is 14.4. The summed E-state index contributed by atoms with van der Waals surface area (Å²) in [4.78, 5) is 28.3. The number of carbonyl (C=O) groups is 2. The monoisotopic (exact) mass is 332 g/mol. The maximum atomic E-state index is 14.4. The number of amides is 2. The summed E-state index contributed by atoms with van der Waals surface area (Å²) in [6, 6.07) is 4.52. The van der Waals surface area contributed by atoms with Crippen LogP contribution in [0.1, 0.15) is 12.6 Å². The van der Waals surface area contributed by atoms with Gasteiger partial charge >= 0.3 is 6.09 Å². The van der Waals surface area contributed by atoms with E-state index in [2.05, 4.69) is 10.3 Å². The molecule has 1 N–H and O–H groups in total. The van der Waals surface area contributed by atoms with E-state index in [1.54, 1.807) is 22.9 Å². The van der Waals surface area contributed by atoms with Gasteiger partial charge in [0.2, 0.25) is 5.91 Å². The minimum Gasteiger partial charge on any atom is -0.442 e. The van der Waals surface area contributed by atoms with E-state index in [0.29, 0.717) is 11.4 Å². The molecule has 2 aromatic rings. The first-order valence-corrected chi connectivity index (χ1v) is 7.47. The van der Waals surface area contributed by atoms with Gasteiger partial charge in [-0.25, -0.2) is 14.2 Å². The zero-order valence-corrected chi connectivity index (χ0v) is 13.3. The first-order valence-electron chi connectivity index (χ1n) is 7.47. The van der Waals surface area contributed by atoms with Gasteiger partial charge in [-0.3, -0.25) is 9.69 Å². The van der Waals surface area contributed by atoms with E-state index in [-0.39, 0.29) is 19.0 Å². The summed E-state index contributed by atoms with van der Waals surface area (Å²) in [6.07, 6.45) is 2.23. The van der Waals surface area contributed by atoms with Crippen molar-refractivity contribution < 1.29 is 18.7 Å². The molecule has 24 heavy (non-hydrogen) atoms. The van der Waals surface area contributed by atoms with E-state index < -0.39 is 18.0 Å². The van der Waals surface area contributed by atoms with Gasteiger partial charge in [-0.05, 0) is 25.1 Å². The van der Waals surface area contributed by atoms with Crippen LogP contribution in [-0.2, 0) is 9.53 Å². The number of aromatic nitrogens is 2. The smallest absolute Gasteiger partial charge is 0.414 e. The average Bonchev–Trinajstić information content (AvgIpc) is 3.11. The Hall–Kier alpha value is -2.90. The number of benzene rings is 1. The molecule has 0 aliphatic carbocycles. The van der Waals surface area contributed by atoms with Gasteiger partial charge in [-0.15, -0.1) is 0 Å². The Kier molecular flexibility index (Phi) is 4.20. The molecular formula is C16H17FN4O3. The average molecular weight is 332 g/mol. The van der Waals surface area contributed by atoms with Crippen molar-refractivity contribution >= 4 is 17.7 Å². The Morgan fingerprint density at radius 1 is 1.50 bits per heavy atom. The van der Waals surface area contributed by atoms with Gasteiger partial charge in [0.25, 0.3) is 0 Å². The number of anilines is 1. The fourth-order valence-electron chi connectivity index (χ4n) is 2.52. The van der Waals surface area contributed by atoms with Crippen molar-refractivity contribution in [3.8, 4) is 5.69 Å². The van der Waals surface area contributed by atoms with Crippen LogP contribution in [-0.4, -0.2) is 40.7 Å².